The van der Waals surface area contributed by atoms with Gasteiger partial charge in [-0.3, -0.25) is 14.4 Å². The van der Waals surface area contributed by atoms with Crippen molar-refractivity contribution in [2.24, 2.45) is 0 Å². The van der Waals surface area contributed by atoms with Crippen LogP contribution in [0.5, 0.6) is 0 Å². The van der Waals surface area contributed by atoms with Crippen molar-refractivity contribution >= 4 is 17.9 Å². The molecule has 6 nitrogen and oxygen atoms in total. The molecule has 0 heterocycles. The molecule has 0 aliphatic carbocycles. The first kappa shape index (κ1) is 62.6. The van der Waals surface area contributed by atoms with Crippen LogP contribution >= 0.6 is 0 Å². The van der Waals surface area contributed by atoms with E-state index in [-0.39, 0.29) is 31.1 Å². The van der Waals surface area contributed by atoms with Crippen LogP contribution in [0, 0.1) is 0 Å². The van der Waals surface area contributed by atoms with Crippen LogP contribution in [-0.4, -0.2) is 37.2 Å². The van der Waals surface area contributed by atoms with Gasteiger partial charge in [0.1, 0.15) is 13.2 Å². The molecule has 0 aromatic carbocycles. The molecule has 1 unspecified atom stereocenters. The highest BCUT2D eigenvalue weighted by atomic mass is 16.6. The second kappa shape index (κ2) is 54.2. The summed E-state index contributed by atoms with van der Waals surface area (Å²) in [6.45, 7) is 6.44. The molecule has 0 aliphatic rings. The number of unbranched alkanes of at least 4 members (excludes halogenated alkanes) is 25. The Hall–Kier alpha value is -3.41. The van der Waals surface area contributed by atoms with E-state index in [9.17, 15) is 14.4 Å². The number of ether oxygens (including phenoxy) is 3. The van der Waals surface area contributed by atoms with Crippen LogP contribution in [0.1, 0.15) is 258 Å². The van der Waals surface area contributed by atoms with Gasteiger partial charge in [0.2, 0.25) is 0 Å². The van der Waals surface area contributed by atoms with Crippen LogP contribution in [0.4, 0.5) is 0 Å². The Balaban J connectivity index is 4.36. The summed E-state index contributed by atoms with van der Waals surface area (Å²) in [5.41, 5.74) is 0. The maximum absolute atomic E-state index is 12.8. The minimum absolute atomic E-state index is 0.0887. The zero-order valence-electron chi connectivity index (χ0n) is 43.2. The molecule has 0 N–H and O–H groups in total. The molecule has 0 radical (unpaired) electrons. The van der Waals surface area contributed by atoms with Crippen molar-refractivity contribution < 1.29 is 28.6 Å². The smallest absolute Gasteiger partial charge is 0.306 e. The van der Waals surface area contributed by atoms with Crippen LogP contribution in [0.3, 0.4) is 0 Å². The van der Waals surface area contributed by atoms with Gasteiger partial charge in [0.15, 0.2) is 6.10 Å². The number of rotatable bonds is 49. The predicted octanol–water partition coefficient (Wildman–Crippen LogP) is 18.4. The highest BCUT2D eigenvalue weighted by Gasteiger charge is 2.19. The standard InChI is InChI=1S/C60H102O6/c1-4-7-10-13-16-19-22-24-26-28-30-32-34-36-38-41-44-47-50-53-59(62)65-56-57(55-64-58(61)52-49-46-43-40-21-18-15-12-9-6-3)66-60(63)54-51-48-45-42-39-37-35-33-31-29-27-25-23-20-17-14-11-8-5-2/h7,10,15-20,23-26,30,32,57H,4-6,8-9,11-14,21-22,27-29,31,33-56H2,1-3H3/b10-7-,18-15-,19-16-,20-17-,25-23-,26-24-,32-30-. The number of allylic oxidation sites excluding steroid dienone is 14. The molecule has 0 fully saturated rings. The zero-order valence-corrected chi connectivity index (χ0v) is 43.2. The topological polar surface area (TPSA) is 78.9 Å². The van der Waals surface area contributed by atoms with Crippen LogP contribution in [0.15, 0.2) is 85.1 Å². The van der Waals surface area contributed by atoms with E-state index < -0.39 is 6.10 Å². The van der Waals surface area contributed by atoms with E-state index in [1.54, 1.807) is 0 Å². The van der Waals surface area contributed by atoms with E-state index in [0.717, 1.165) is 109 Å². The molecule has 0 saturated heterocycles. The summed E-state index contributed by atoms with van der Waals surface area (Å²) in [6, 6.07) is 0. The zero-order chi connectivity index (χ0) is 47.9. The Kier molecular flexibility index (Phi) is 51.4. The molecule has 0 aromatic heterocycles. The number of esters is 3. The lowest BCUT2D eigenvalue weighted by atomic mass is 10.1. The molecule has 0 rings (SSSR count). The summed E-state index contributed by atoms with van der Waals surface area (Å²) in [7, 11) is 0. The van der Waals surface area contributed by atoms with Gasteiger partial charge in [-0.2, -0.15) is 0 Å². The number of hydrogen-bond acceptors (Lipinski definition) is 6. The molecular weight excluding hydrogens is 817 g/mol. The fraction of sp³-hybridized carbons (Fsp3) is 0.717. The second-order valence-corrected chi connectivity index (χ2v) is 18.1. The SMILES string of the molecule is CC/C=C\C/C=C\C/C=C\C/C=C\CCCCCCCCC(=O)OCC(COC(=O)CCCCCC/C=C\CCCC)OC(=O)CCCCCCCCCCCC/C=C\C=C/CCCCC. The van der Waals surface area contributed by atoms with E-state index in [0.29, 0.717) is 19.3 Å². The minimum atomic E-state index is -0.789. The minimum Gasteiger partial charge on any atom is -0.462 e. The van der Waals surface area contributed by atoms with Crippen LogP contribution in [0.2, 0.25) is 0 Å². The number of carbonyl (C=O) groups is 3. The molecule has 0 saturated carbocycles. The van der Waals surface area contributed by atoms with Gasteiger partial charge in [0.25, 0.3) is 0 Å². The molecule has 0 spiro atoms. The van der Waals surface area contributed by atoms with Gasteiger partial charge in [-0.25, -0.2) is 0 Å². The van der Waals surface area contributed by atoms with Crippen molar-refractivity contribution in [1.82, 2.24) is 0 Å². The van der Waals surface area contributed by atoms with Gasteiger partial charge in [0, 0.05) is 19.3 Å². The summed E-state index contributed by atoms with van der Waals surface area (Å²) >= 11 is 0. The molecule has 1 atom stereocenters. The lowest BCUT2D eigenvalue weighted by molar-refractivity contribution is -0.167. The summed E-state index contributed by atoms with van der Waals surface area (Å²) in [5.74, 6) is -0.917. The van der Waals surface area contributed by atoms with Crippen molar-refractivity contribution in [3.8, 4) is 0 Å². The lowest BCUT2D eigenvalue weighted by Crippen LogP contribution is -2.30. The third-order valence-corrected chi connectivity index (χ3v) is 11.6. The average molecular weight is 919 g/mol. The lowest BCUT2D eigenvalue weighted by Gasteiger charge is -2.18. The fourth-order valence-corrected chi connectivity index (χ4v) is 7.46. The van der Waals surface area contributed by atoms with Crippen molar-refractivity contribution in [2.75, 3.05) is 13.2 Å². The van der Waals surface area contributed by atoms with Crippen LogP contribution in [-0.2, 0) is 28.6 Å². The first-order valence-electron chi connectivity index (χ1n) is 27.6. The summed E-state index contributed by atoms with van der Waals surface area (Å²) in [6.07, 6.45) is 70.0. The summed E-state index contributed by atoms with van der Waals surface area (Å²) in [4.78, 5) is 38.0. The van der Waals surface area contributed by atoms with Crippen molar-refractivity contribution in [1.29, 1.82) is 0 Å². The molecule has 6 heteroatoms. The average Bonchev–Trinajstić information content (AvgIpc) is 3.31. The van der Waals surface area contributed by atoms with Gasteiger partial charge in [-0.05, 0) is 103 Å². The third-order valence-electron chi connectivity index (χ3n) is 11.6. The molecule has 66 heavy (non-hydrogen) atoms. The highest BCUT2D eigenvalue weighted by Crippen LogP contribution is 2.15. The molecule has 0 aromatic rings. The fourth-order valence-electron chi connectivity index (χ4n) is 7.46. The van der Waals surface area contributed by atoms with Gasteiger partial charge < -0.3 is 14.2 Å². The Morgan fingerprint density at radius 1 is 0.333 bits per heavy atom. The van der Waals surface area contributed by atoms with E-state index in [1.807, 2.05) is 0 Å². The van der Waals surface area contributed by atoms with Crippen molar-refractivity contribution in [3.63, 3.8) is 0 Å². The molecular formula is C60H102O6. The third kappa shape index (κ3) is 51.6. The van der Waals surface area contributed by atoms with Gasteiger partial charge in [-0.15, -0.1) is 0 Å². The maximum atomic E-state index is 12.8. The Bertz CT molecular complexity index is 1290. The van der Waals surface area contributed by atoms with Gasteiger partial charge in [-0.1, -0.05) is 221 Å². The Morgan fingerprint density at radius 3 is 1.08 bits per heavy atom. The summed E-state index contributed by atoms with van der Waals surface area (Å²) in [5, 5.41) is 0. The van der Waals surface area contributed by atoms with Crippen molar-refractivity contribution in [2.45, 2.75) is 264 Å². The molecule has 0 aliphatic heterocycles. The van der Waals surface area contributed by atoms with Gasteiger partial charge >= 0.3 is 17.9 Å². The van der Waals surface area contributed by atoms with Crippen molar-refractivity contribution in [3.05, 3.63) is 85.1 Å². The molecule has 0 amide bonds. The van der Waals surface area contributed by atoms with Crippen LogP contribution < -0.4 is 0 Å². The Morgan fingerprint density at radius 2 is 0.652 bits per heavy atom. The second-order valence-electron chi connectivity index (χ2n) is 18.1. The molecule has 378 valence electrons. The quantitative estimate of drug-likeness (QED) is 0.0199. The monoisotopic (exact) mass is 919 g/mol. The maximum Gasteiger partial charge on any atom is 0.306 e. The van der Waals surface area contributed by atoms with E-state index in [1.165, 1.54) is 109 Å². The number of carbonyl (C=O) groups excluding carboxylic acids is 3. The molecule has 0 bridgehead atoms. The van der Waals surface area contributed by atoms with Gasteiger partial charge in [0.05, 0.1) is 0 Å². The normalized spacial score (nSPS) is 12.7. The van der Waals surface area contributed by atoms with E-state index >= 15 is 0 Å². The van der Waals surface area contributed by atoms with Crippen LogP contribution in [0.25, 0.3) is 0 Å². The first-order valence-corrected chi connectivity index (χ1v) is 27.6. The largest absolute Gasteiger partial charge is 0.462 e. The first-order chi connectivity index (χ1) is 32.5. The Labute approximate surface area is 407 Å². The number of hydrogen-bond donors (Lipinski definition) is 0. The predicted molar refractivity (Wildman–Crippen MR) is 284 cm³/mol. The van der Waals surface area contributed by atoms with E-state index in [4.69, 9.17) is 14.2 Å². The summed E-state index contributed by atoms with van der Waals surface area (Å²) < 4.78 is 16.8. The van der Waals surface area contributed by atoms with E-state index in [2.05, 4.69) is 106 Å². The highest BCUT2D eigenvalue weighted by molar-refractivity contribution is 5.71.